The van der Waals surface area contributed by atoms with Crippen LogP contribution in [0.15, 0.2) is 49.2 Å². The minimum absolute atomic E-state index is 0.677. The summed E-state index contributed by atoms with van der Waals surface area (Å²) in [6.45, 7) is 0. The number of aromatic nitrogens is 5. The minimum Gasteiger partial charge on any atom is -0.278 e. The number of nitrogens with one attached hydrogen (secondary N) is 1. The van der Waals surface area contributed by atoms with Crippen LogP contribution in [0.3, 0.4) is 0 Å². The first-order valence-corrected chi connectivity index (χ1v) is 5.16. The van der Waals surface area contributed by atoms with Gasteiger partial charge in [-0.25, -0.2) is 15.0 Å². The molecule has 0 radical (unpaired) electrons. The molecule has 0 spiro atoms. The fourth-order valence-corrected chi connectivity index (χ4v) is 1.60. The summed E-state index contributed by atoms with van der Waals surface area (Å²) in [5, 5.41) is 6.84. The molecule has 0 aliphatic rings. The van der Waals surface area contributed by atoms with Crippen LogP contribution in [0.1, 0.15) is 0 Å². The van der Waals surface area contributed by atoms with Gasteiger partial charge in [0.2, 0.25) is 0 Å². The van der Waals surface area contributed by atoms with Crippen molar-refractivity contribution in [3.63, 3.8) is 0 Å². The van der Waals surface area contributed by atoms with Crippen molar-refractivity contribution < 1.29 is 0 Å². The van der Waals surface area contributed by atoms with Gasteiger partial charge in [0.1, 0.15) is 12.7 Å². The minimum atomic E-state index is 0.677. The number of hydrogen-bond donors (Lipinski definition) is 1. The second-order valence-corrected chi connectivity index (χ2v) is 3.51. The number of benzene rings is 1. The Morgan fingerprint density at radius 2 is 1.53 bits per heavy atom. The molecular formula is C12H9N5. The van der Waals surface area contributed by atoms with Gasteiger partial charge in [-0.3, -0.25) is 5.10 Å². The maximum atomic E-state index is 4.10. The van der Waals surface area contributed by atoms with E-state index >= 15 is 0 Å². The first-order valence-electron chi connectivity index (χ1n) is 5.16. The Balaban J connectivity index is 1.96. The van der Waals surface area contributed by atoms with E-state index in [1.165, 1.54) is 12.7 Å². The van der Waals surface area contributed by atoms with Crippen molar-refractivity contribution in [2.24, 2.45) is 0 Å². The molecule has 3 rings (SSSR count). The molecule has 1 aromatic carbocycles. The molecule has 0 aliphatic carbocycles. The van der Waals surface area contributed by atoms with Crippen LogP contribution in [0.25, 0.3) is 22.6 Å². The number of H-pyrrole nitrogens is 1. The topological polar surface area (TPSA) is 67.3 Å². The molecule has 5 nitrogen and oxygen atoms in total. The SMILES string of the molecule is c1cc(-c2ccc(-c3ncncn3)cc2)[nH]n1. The molecule has 0 atom stereocenters. The zero-order valence-corrected chi connectivity index (χ0v) is 8.91. The smallest absolute Gasteiger partial charge is 0.162 e. The fourth-order valence-electron chi connectivity index (χ4n) is 1.60. The predicted molar refractivity (Wildman–Crippen MR) is 62.8 cm³/mol. The number of hydrogen-bond acceptors (Lipinski definition) is 4. The maximum Gasteiger partial charge on any atom is 0.162 e. The summed E-state index contributed by atoms with van der Waals surface area (Å²) < 4.78 is 0. The van der Waals surface area contributed by atoms with E-state index in [1.54, 1.807) is 6.20 Å². The second-order valence-electron chi connectivity index (χ2n) is 3.51. The molecule has 2 heterocycles. The Hall–Kier alpha value is -2.56. The van der Waals surface area contributed by atoms with E-state index in [9.17, 15) is 0 Å². The van der Waals surface area contributed by atoms with Crippen LogP contribution in [-0.2, 0) is 0 Å². The Bertz CT molecular complexity index is 587. The van der Waals surface area contributed by atoms with Crippen molar-refractivity contribution >= 4 is 0 Å². The van der Waals surface area contributed by atoms with Gasteiger partial charge in [-0.2, -0.15) is 5.10 Å². The van der Waals surface area contributed by atoms with Crippen LogP contribution < -0.4 is 0 Å². The maximum absolute atomic E-state index is 4.10. The quantitative estimate of drug-likeness (QED) is 0.720. The molecule has 0 bridgehead atoms. The molecule has 17 heavy (non-hydrogen) atoms. The fraction of sp³-hybridized carbons (Fsp3) is 0. The van der Waals surface area contributed by atoms with Gasteiger partial charge in [-0.05, 0) is 11.6 Å². The molecule has 82 valence electrons. The van der Waals surface area contributed by atoms with Gasteiger partial charge in [-0.1, -0.05) is 24.3 Å². The van der Waals surface area contributed by atoms with Crippen LogP contribution in [0.4, 0.5) is 0 Å². The van der Waals surface area contributed by atoms with Gasteiger partial charge in [0.05, 0.1) is 5.69 Å². The van der Waals surface area contributed by atoms with Crippen molar-refractivity contribution in [2.45, 2.75) is 0 Å². The van der Waals surface area contributed by atoms with Crippen LogP contribution >= 0.6 is 0 Å². The van der Waals surface area contributed by atoms with Crippen LogP contribution in [0, 0.1) is 0 Å². The van der Waals surface area contributed by atoms with Crippen molar-refractivity contribution in [2.75, 3.05) is 0 Å². The highest BCUT2D eigenvalue weighted by molar-refractivity contribution is 5.64. The van der Waals surface area contributed by atoms with E-state index < -0.39 is 0 Å². The predicted octanol–water partition coefficient (Wildman–Crippen LogP) is 1.93. The second kappa shape index (κ2) is 4.13. The lowest BCUT2D eigenvalue weighted by molar-refractivity contribution is 1.06. The molecule has 2 aromatic heterocycles. The van der Waals surface area contributed by atoms with E-state index in [0.29, 0.717) is 5.82 Å². The summed E-state index contributed by atoms with van der Waals surface area (Å²) in [5.41, 5.74) is 3.04. The Kier molecular flexibility index (Phi) is 2.34. The molecule has 1 N–H and O–H groups in total. The molecule has 0 amide bonds. The average Bonchev–Trinajstić information content (AvgIpc) is 2.94. The molecule has 0 saturated carbocycles. The van der Waals surface area contributed by atoms with Crippen LogP contribution in [0.2, 0.25) is 0 Å². The average molecular weight is 223 g/mol. The first kappa shape index (κ1) is 9.65. The van der Waals surface area contributed by atoms with Gasteiger partial charge >= 0.3 is 0 Å². The van der Waals surface area contributed by atoms with Crippen molar-refractivity contribution in [3.05, 3.63) is 49.2 Å². The zero-order valence-electron chi connectivity index (χ0n) is 8.91. The summed E-state index contributed by atoms with van der Waals surface area (Å²) in [4.78, 5) is 12.0. The van der Waals surface area contributed by atoms with Crippen molar-refractivity contribution in [3.8, 4) is 22.6 Å². The summed E-state index contributed by atoms with van der Waals surface area (Å²) in [7, 11) is 0. The van der Waals surface area contributed by atoms with Gasteiger partial charge in [0.15, 0.2) is 5.82 Å². The van der Waals surface area contributed by atoms with E-state index in [-0.39, 0.29) is 0 Å². The van der Waals surface area contributed by atoms with Crippen molar-refractivity contribution in [1.82, 2.24) is 25.1 Å². The Morgan fingerprint density at radius 1 is 0.824 bits per heavy atom. The van der Waals surface area contributed by atoms with E-state index in [4.69, 9.17) is 0 Å². The third-order valence-corrected chi connectivity index (χ3v) is 2.45. The summed E-state index contributed by atoms with van der Waals surface area (Å²) >= 11 is 0. The van der Waals surface area contributed by atoms with Gasteiger partial charge < -0.3 is 0 Å². The summed E-state index contributed by atoms with van der Waals surface area (Å²) in [6.07, 6.45) is 4.71. The standard InChI is InChI=1S/C12H9N5/c1-3-10(12-14-7-13-8-15-12)4-2-9(1)11-5-6-16-17-11/h1-8H,(H,16,17). The summed E-state index contributed by atoms with van der Waals surface area (Å²) in [6, 6.07) is 9.90. The molecule has 0 saturated heterocycles. The highest BCUT2D eigenvalue weighted by Gasteiger charge is 2.02. The highest BCUT2D eigenvalue weighted by atomic mass is 15.1. The third-order valence-electron chi connectivity index (χ3n) is 2.45. The summed E-state index contributed by atoms with van der Waals surface area (Å²) in [5.74, 6) is 0.677. The van der Waals surface area contributed by atoms with Gasteiger partial charge in [-0.15, -0.1) is 0 Å². The largest absolute Gasteiger partial charge is 0.278 e. The number of aromatic amines is 1. The van der Waals surface area contributed by atoms with E-state index in [0.717, 1.165) is 16.8 Å². The Labute approximate surface area is 97.6 Å². The van der Waals surface area contributed by atoms with Crippen LogP contribution in [-0.4, -0.2) is 25.1 Å². The molecular weight excluding hydrogens is 214 g/mol. The molecule has 5 heteroatoms. The first-order chi connectivity index (χ1) is 8.43. The monoisotopic (exact) mass is 223 g/mol. The number of rotatable bonds is 2. The molecule has 0 aliphatic heterocycles. The molecule has 0 fully saturated rings. The number of nitrogens with zero attached hydrogens (tertiary/aromatic N) is 4. The lowest BCUT2D eigenvalue weighted by Gasteiger charge is -2.00. The lowest BCUT2D eigenvalue weighted by atomic mass is 10.1. The van der Waals surface area contributed by atoms with E-state index in [1.807, 2.05) is 30.3 Å². The normalized spacial score (nSPS) is 10.4. The zero-order chi connectivity index (χ0) is 11.5. The van der Waals surface area contributed by atoms with E-state index in [2.05, 4.69) is 25.1 Å². The van der Waals surface area contributed by atoms with Crippen LogP contribution in [0.5, 0.6) is 0 Å². The third kappa shape index (κ3) is 1.90. The Morgan fingerprint density at radius 3 is 2.18 bits per heavy atom. The van der Waals surface area contributed by atoms with Gasteiger partial charge in [0.25, 0.3) is 0 Å². The molecule has 3 aromatic rings. The van der Waals surface area contributed by atoms with Gasteiger partial charge in [0, 0.05) is 11.8 Å². The van der Waals surface area contributed by atoms with Crippen molar-refractivity contribution in [1.29, 1.82) is 0 Å². The lowest BCUT2D eigenvalue weighted by Crippen LogP contribution is -1.88. The molecule has 0 unspecified atom stereocenters. The highest BCUT2D eigenvalue weighted by Crippen LogP contribution is 2.20.